The first-order chi connectivity index (χ1) is 20.2. The van der Waals surface area contributed by atoms with Crippen LogP contribution in [0, 0.1) is 23.2 Å². The Kier molecular flexibility index (Phi) is 11.4. The van der Waals surface area contributed by atoms with Crippen LogP contribution in [0.15, 0.2) is 40.3 Å². The zero-order valence-corrected chi connectivity index (χ0v) is 25.7. The maximum absolute atomic E-state index is 14.4. The first-order valence-corrected chi connectivity index (χ1v) is 14.5. The molecule has 1 aromatic heterocycles. The molecule has 1 aromatic rings. The van der Waals surface area contributed by atoms with Crippen LogP contribution in [0.4, 0.5) is 26.3 Å². The van der Waals surface area contributed by atoms with Crippen LogP contribution in [0.3, 0.4) is 0 Å². The summed E-state index contributed by atoms with van der Waals surface area (Å²) < 4.78 is 84.9. The number of halogens is 8. The van der Waals surface area contributed by atoms with Crippen molar-refractivity contribution in [2.24, 2.45) is 28.2 Å². The Morgan fingerprint density at radius 3 is 2.20 bits per heavy atom. The lowest BCUT2D eigenvalue weighted by atomic mass is 9.72. The Balaban J connectivity index is 1.96. The van der Waals surface area contributed by atoms with Gasteiger partial charge in [0.25, 0.3) is 5.91 Å². The van der Waals surface area contributed by atoms with E-state index in [-0.39, 0.29) is 45.4 Å². The van der Waals surface area contributed by atoms with Gasteiger partial charge in [0.2, 0.25) is 0 Å². The number of ketones is 1. The van der Waals surface area contributed by atoms with Gasteiger partial charge < -0.3 is 15.1 Å². The van der Waals surface area contributed by atoms with Crippen molar-refractivity contribution in [3.8, 4) is 0 Å². The van der Waals surface area contributed by atoms with Crippen molar-refractivity contribution < 1.29 is 46.1 Å². The minimum Gasteiger partial charge on any atom is -0.368 e. The Morgan fingerprint density at radius 1 is 1.07 bits per heavy atom. The van der Waals surface area contributed by atoms with Crippen LogP contribution in [0.25, 0.3) is 0 Å². The minimum atomic E-state index is -5.06. The Labute approximate surface area is 260 Å². The molecule has 2 aliphatic rings. The number of aliphatic hydroxyl groups is 2. The van der Waals surface area contributed by atoms with Crippen LogP contribution in [0.2, 0.25) is 10.0 Å². The summed E-state index contributed by atoms with van der Waals surface area (Å²) >= 11 is 12.0. The summed E-state index contributed by atoms with van der Waals surface area (Å²) in [4.78, 5) is 34.9. The molecular formula is C29H33Cl2F6N3O4. The molecule has 44 heavy (non-hydrogen) atoms. The lowest BCUT2D eigenvalue weighted by Gasteiger charge is -2.35. The van der Waals surface area contributed by atoms with E-state index in [4.69, 9.17) is 23.2 Å². The third-order valence-electron chi connectivity index (χ3n) is 8.15. The van der Waals surface area contributed by atoms with E-state index in [1.54, 1.807) is 0 Å². The van der Waals surface area contributed by atoms with Crippen LogP contribution < -0.4 is 0 Å². The number of Topliss-reactive ketones (excluding diaryl/α,β-unsaturated/α-hetero) is 1. The lowest BCUT2D eigenvalue weighted by molar-refractivity contribution is -0.216. The molecule has 0 aromatic carbocycles. The number of aliphatic imine (C=N–C) groups is 1. The number of alkyl halides is 6. The molecule has 0 bridgehead atoms. The normalized spacial score (nSPS) is 21.8. The number of aliphatic hydroxyl groups excluding tert-OH is 1. The fraction of sp³-hybridized carbons (Fsp3) is 0.586. The highest BCUT2D eigenvalue weighted by molar-refractivity contribution is 6.39. The molecular weight excluding hydrogens is 639 g/mol. The van der Waals surface area contributed by atoms with Crippen LogP contribution in [-0.2, 0) is 4.79 Å². The molecule has 15 heteroatoms. The number of nitrogens with zero attached hydrogens (tertiary/aromatic N) is 3. The van der Waals surface area contributed by atoms with E-state index in [1.807, 2.05) is 6.92 Å². The predicted molar refractivity (Wildman–Crippen MR) is 152 cm³/mol. The third kappa shape index (κ3) is 8.61. The second kappa shape index (κ2) is 13.9. The number of rotatable bonds is 9. The molecule has 0 spiro atoms. The number of hydrogen-bond acceptors (Lipinski definition) is 6. The van der Waals surface area contributed by atoms with Crippen LogP contribution in [0.5, 0.6) is 0 Å². The van der Waals surface area contributed by atoms with Gasteiger partial charge in [-0.25, -0.2) is 0 Å². The number of carbonyl (C=O) groups excluding carboxylic acids is 2. The number of allylic oxidation sites excluding steroid dienone is 2. The number of pyridine rings is 1. The average molecular weight is 672 g/mol. The van der Waals surface area contributed by atoms with Crippen LogP contribution in [0.1, 0.15) is 63.2 Å². The summed E-state index contributed by atoms with van der Waals surface area (Å²) in [5.41, 5.74) is -4.99. The van der Waals surface area contributed by atoms with Gasteiger partial charge in [-0.15, -0.1) is 0 Å². The van der Waals surface area contributed by atoms with Crippen molar-refractivity contribution in [1.29, 1.82) is 0 Å². The van der Waals surface area contributed by atoms with Crippen molar-refractivity contribution in [1.82, 2.24) is 9.88 Å². The molecule has 3 unspecified atom stereocenters. The predicted octanol–water partition coefficient (Wildman–Crippen LogP) is 6.96. The maximum Gasteiger partial charge on any atom is 0.413 e. The van der Waals surface area contributed by atoms with Crippen molar-refractivity contribution >= 4 is 41.1 Å². The van der Waals surface area contributed by atoms with E-state index < -0.39 is 66.4 Å². The van der Waals surface area contributed by atoms with Gasteiger partial charge in [-0.3, -0.25) is 19.6 Å². The van der Waals surface area contributed by atoms with Gasteiger partial charge >= 0.3 is 12.4 Å². The van der Waals surface area contributed by atoms with E-state index in [9.17, 15) is 46.1 Å². The van der Waals surface area contributed by atoms with E-state index in [0.717, 1.165) is 26.2 Å². The summed E-state index contributed by atoms with van der Waals surface area (Å²) in [6.07, 6.45) is -6.47. The van der Waals surface area contributed by atoms with Gasteiger partial charge in [0.1, 0.15) is 0 Å². The SMILES string of the molecule is CC1CC(CC2=CN=CC(C(=O)N(CC(=O)c3c(Cl)cncc3Cl)CC(C)(C)C(F)(F)F)=C(C(F)(F)F)C2)CCC1C(O)O. The maximum atomic E-state index is 14.4. The van der Waals surface area contributed by atoms with E-state index >= 15 is 0 Å². The van der Waals surface area contributed by atoms with Gasteiger partial charge in [-0.1, -0.05) is 30.1 Å². The Bertz CT molecular complexity index is 1320. The van der Waals surface area contributed by atoms with Gasteiger partial charge in [-0.05, 0) is 56.9 Å². The molecule has 2 N–H and O–H groups in total. The van der Waals surface area contributed by atoms with E-state index in [0.29, 0.717) is 30.4 Å². The second-order valence-corrected chi connectivity index (χ2v) is 12.8. The van der Waals surface area contributed by atoms with E-state index in [1.165, 1.54) is 6.20 Å². The summed E-state index contributed by atoms with van der Waals surface area (Å²) in [6.45, 7) is 1.15. The summed E-state index contributed by atoms with van der Waals surface area (Å²) in [6, 6.07) is 0. The van der Waals surface area contributed by atoms with Crippen molar-refractivity contribution in [2.75, 3.05) is 13.1 Å². The molecule has 2 heterocycles. The van der Waals surface area contributed by atoms with Gasteiger partial charge in [0, 0.05) is 43.7 Å². The zero-order valence-electron chi connectivity index (χ0n) is 24.1. The molecule has 1 aliphatic carbocycles. The van der Waals surface area contributed by atoms with Gasteiger partial charge in [0.15, 0.2) is 12.1 Å². The number of amides is 1. The minimum absolute atomic E-state index is 0.0789. The monoisotopic (exact) mass is 671 g/mol. The standard InChI is InChI=1S/C29H33Cl2F6N3O4/c1-15-6-16(4-5-18(15)26(43)44)7-17-8-20(28(32,33)34)19(10-38-9-17)25(42)40(14-27(2,3)29(35,36)37)13-23(41)24-21(30)11-39-12-22(24)31/h9-12,15-16,18,26,43-44H,4-8,13-14H2,1-3H3. The topological polar surface area (TPSA) is 103 Å². The van der Waals surface area contributed by atoms with Crippen LogP contribution in [-0.4, -0.2) is 69.7 Å². The summed E-state index contributed by atoms with van der Waals surface area (Å²) in [5, 5.41) is 18.6. The molecule has 1 aliphatic heterocycles. The second-order valence-electron chi connectivity index (χ2n) is 12.0. The third-order valence-corrected chi connectivity index (χ3v) is 8.72. The van der Waals surface area contributed by atoms with Gasteiger partial charge in [0.05, 0.1) is 38.7 Å². The summed E-state index contributed by atoms with van der Waals surface area (Å²) in [5.74, 6) is -2.99. The highest BCUT2D eigenvalue weighted by Crippen LogP contribution is 2.42. The average Bonchev–Trinajstić information content (AvgIpc) is 3.09. The quantitative estimate of drug-likeness (QED) is 0.168. The van der Waals surface area contributed by atoms with E-state index in [2.05, 4.69) is 9.98 Å². The van der Waals surface area contributed by atoms with Crippen molar-refractivity contribution in [3.63, 3.8) is 0 Å². The van der Waals surface area contributed by atoms with Crippen molar-refractivity contribution in [3.05, 3.63) is 50.9 Å². The highest BCUT2D eigenvalue weighted by Gasteiger charge is 2.50. The molecule has 244 valence electrons. The Morgan fingerprint density at radius 2 is 1.68 bits per heavy atom. The summed E-state index contributed by atoms with van der Waals surface area (Å²) in [7, 11) is 0. The molecule has 1 saturated carbocycles. The molecule has 0 saturated heterocycles. The fourth-order valence-electron chi connectivity index (χ4n) is 5.62. The zero-order chi connectivity index (χ0) is 33.2. The molecule has 1 fully saturated rings. The van der Waals surface area contributed by atoms with Crippen LogP contribution >= 0.6 is 23.2 Å². The van der Waals surface area contributed by atoms with Crippen molar-refractivity contribution in [2.45, 2.75) is 71.5 Å². The first kappa shape index (κ1) is 36.0. The van der Waals surface area contributed by atoms with Gasteiger partial charge in [-0.2, -0.15) is 26.3 Å². The molecule has 1 amide bonds. The first-order valence-electron chi connectivity index (χ1n) is 13.8. The number of aromatic nitrogens is 1. The molecule has 3 rings (SSSR count). The molecule has 0 radical (unpaired) electrons. The lowest BCUT2D eigenvalue weighted by Crippen LogP contribution is -2.48. The fourth-order valence-corrected chi connectivity index (χ4v) is 6.20. The highest BCUT2D eigenvalue weighted by atomic mass is 35.5. The Hall–Kier alpha value is -2.48. The largest absolute Gasteiger partial charge is 0.413 e. The molecule has 7 nitrogen and oxygen atoms in total. The molecule has 3 atom stereocenters. The smallest absolute Gasteiger partial charge is 0.368 e. The number of hydrogen-bond donors (Lipinski definition) is 2. The number of carbonyl (C=O) groups is 2.